The Labute approximate surface area is 330 Å². The summed E-state index contributed by atoms with van der Waals surface area (Å²) in [6.45, 7) is 0. The molecule has 0 aliphatic heterocycles. The number of hydrogen-bond donors (Lipinski definition) is 0. The number of allylic oxidation sites excluding steroid dienone is 8. The van der Waals surface area contributed by atoms with Crippen molar-refractivity contribution in [1.82, 2.24) is 24.3 Å². The first-order chi connectivity index (χ1) is 28.3. The molecule has 57 heavy (non-hydrogen) atoms. The van der Waals surface area contributed by atoms with Gasteiger partial charge in [-0.3, -0.25) is 4.40 Å². The summed E-state index contributed by atoms with van der Waals surface area (Å²) in [7, 11) is 0. The van der Waals surface area contributed by atoms with Crippen LogP contribution in [-0.2, 0) is 0 Å². The molecule has 0 N–H and O–H groups in total. The van der Waals surface area contributed by atoms with Crippen LogP contribution in [0.15, 0.2) is 200 Å². The lowest BCUT2D eigenvalue weighted by atomic mass is 9.84. The largest absolute Gasteiger partial charge is 0.277 e. The molecule has 268 valence electrons. The van der Waals surface area contributed by atoms with Crippen molar-refractivity contribution >= 4 is 32.8 Å². The summed E-state index contributed by atoms with van der Waals surface area (Å²) in [5.41, 5.74) is 11.2. The molecule has 11 rings (SSSR count). The van der Waals surface area contributed by atoms with Gasteiger partial charge in [0.1, 0.15) is 11.5 Å². The summed E-state index contributed by atoms with van der Waals surface area (Å²) in [5, 5.41) is 4.57. The molecule has 2 aliphatic carbocycles. The normalized spacial score (nSPS) is 14.8. The monoisotopic (exact) mass is 729 g/mol. The number of hydrogen-bond acceptors (Lipinski definition) is 4. The Balaban J connectivity index is 1.08. The van der Waals surface area contributed by atoms with E-state index < -0.39 is 0 Å². The second kappa shape index (κ2) is 13.7. The summed E-state index contributed by atoms with van der Waals surface area (Å²) in [6, 6.07) is 55.0. The maximum absolute atomic E-state index is 5.32. The van der Waals surface area contributed by atoms with E-state index in [1.807, 2.05) is 6.07 Å². The van der Waals surface area contributed by atoms with Crippen molar-refractivity contribution in [1.29, 1.82) is 0 Å². The first kappa shape index (κ1) is 32.9. The van der Waals surface area contributed by atoms with E-state index in [0.29, 0.717) is 11.7 Å². The van der Waals surface area contributed by atoms with Crippen LogP contribution in [0.25, 0.3) is 89.3 Å². The minimum atomic E-state index is 0.321. The van der Waals surface area contributed by atoms with Gasteiger partial charge in [0.25, 0.3) is 0 Å². The summed E-state index contributed by atoms with van der Waals surface area (Å²) in [6.07, 6.45) is 14.1. The molecule has 0 fully saturated rings. The zero-order valence-corrected chi connectivity index (χ0v) is 31.0. The third-order valence-corrected chi connectivity index (χ3v) is 11.2. The molecular weight excluding hydrogens is 695 g/mol. The van der Waals surface area contributed by atoms with Crippen molar-refractivity contribution in [2.24, 2.45) is 5.92 Å². The van der Waals surface area contributed by atoms with Crippen molar-refractivity contribution in [3.8, 4) is 56.5 Å². The highest BCUT2D eigenvalue weighted by Gasteiger charge is 2.23. The Hall–Kier alpha value is -7.50. The summed E-state index contributed by atoms with van der Waals surface area (Å²) in [4.78, 5) is 21.2. The van der Waals surface area contributed by atoms with Gasteiger partial charge >= 0.3 is 0 Å². The predicted octanol–water partition coefficient (Wildman–Crippen LogP) is 12.6. The maximum atomic E-state index is 5.32. The highest BCUT2D eigenvalue weighted by atomic mass is 15.1. The SMILES string of the molecule is C1=CC2=C(c3nc(-c4ccc(-c5nc(-c6ccccc6)n6c(-c7ccccc7)c7ccccc7c6n5)cc4)cc(-c4cccc5ccccc45)n3)C=CCC2C=C1. The van der Waals surface area contributed by atoms with Gasteiger partial charge in [0.2, 0.25) is 0 Å². The van der Waals surface area contributed by atoms with Gasteiger partial charge in [0.15, 0.2) is 11.6 Å². The average molecular weight is 730 g/mol. The van der Waals surface area contributed by atoms with Crippen molar-refractivity contribution < 1.29 is 0 Å². The van der Waals surface area contributed by atoms with Gasteiger partial charge in [-0.15, -0.1) is 0 Å². The first-order valence-electron chi connectivity index (χ1n) is 19.4. The standard InChI is InChI=1S/C52H35N5/c1-3-17-37(18-4-1)48-43-25-11-12-26-45(43)52-56-49(55-51(57(48)52)39-19-5-2-6-20-39)38-31-29-36(30-32-38)46-33-47(42-27-13-21-34-15-7-9-23-40(34)42)54-50(53-46)44-28-14-22-35-16-8-10-24-41(35)44/h1-21,23-33,35H,22H2. The molecule has 6 aromatic carbocycles. The van der Waals surface area contributed by atoms with E-state index in [4.69, 9.17) is 19.9 Å². The van der Waals surface area contributed by atoms with Crippen LogP contribution in [0.4, 0.5) is 0 Å². The molecule has 3 aromatic heterocycles. The molecule has 1 unspecified atom stereocenters. The van der Waals surface area contributed by atoms with Crippen LogP contribution in [0.5, 0.6) is 0 Å². The van der Waals surface area contributed by atoms with E-state index in [1.54, 1.807) is 0 Å². The van der Waals surface area contributed by atoms with Crippen molar-refractivity contribution in [3.63, 3.8) is 0 Å². The van der Waals surface area contributed by atoms with Crippen LogP contribution in [-0.4, -0.2) is 24.3 Å². The Morgan fingerprint density at radius 3 is 2.00 bits per heavy atom. The maximum Gasteiger partial charge on any atom is 0.163 e. The molecule has 0 spiro atoms. The molecule has 0 amide bonds. The molecule has 1 atom stereocenters. The van der Waals surface area contributed by atoms with E-state index in [1.165, 1.54) is 11.0 Å². The fourth-order valence-electron chi connectivity index (χ4n) is 8.42. The minimum Gasteiger partial charge on any atom is -0.277 e. The Kier molecular flexibility index (Phi) is 7.88. The number of rotatable bonds is 6. The molecule has 5 heteroatoms. The lowest BCUT2D eigenvalue weighted by molar-refractivity contribution is 0.782. The topological polar surface area (TPSA) is 56.0 Å². The lowest BCUT2D eigenvalue weighted by Gasteiger charge is -2.22. The van der Waals surface area contributed by atoms with E-state index in [9.17, 15) is 0 Å². The third-order valence-electron chi connectivity index (χ3n) is 11.2. The summed E-state index contributed by atoms with van der Waals surface area (Å²) in [5.74, 6) is 2.56. The molecule has 3 heterocycles. The van der Waals surface area contributed by atoms with E-state index in [0.717, 1.165) is 90.3 Å². The number of fused-ring (bicyclic) bond motifs is 5. The molecule has 0 radical (unpaired) electrons. The number of nitrogens with zero attached hydrogens (tertiary/aromatic N) is 5. The molecule has 9 aromatic rings. The molecule has 5 nitrogen and oxygen atoms in total. The fraction of sp³-hybridized carbons (Fsp3) is 0.0385. The smallest absolute Gasteiger partial charge is 0.163 e. The zero-order chi connectivity index (χ0) is 37.7. The number of benzene rings is 6. The molecule has 2 aliphatic rings. The van der Waals surface area contributed by atoms with Crippen LogP contribution >= 0.6 is 0 Å². The minimum absolute atomic E-state index is 0.321. The van der Waals surface area contributed by atoms with E-state index in [2.05, 4.69) is 193 Å². The van der Waals surface area contributed by atoms with Crippen LogP contribution in [0, 0.1) is 5.92 Å². The Morgan fingerprint density at radius 2 is 1.18 bits per heavy atom. The van der Waals surface area contributed by atoms with Crippen LogP contribution in [0.2, 0.25) is 0 Å². The molecule has 0 saturated carbocycles. The highest BCUT2D eigenvalue weighted by Crippen LogP contribution is 2.39. The average Bonchev–Trinajstić information content (AvgIpc) is 3.63. The van der Waals surface area contributed by atoms with E-state index in [-0.39, 0.29) is 0 Å². The van der Waals surface area contributed by atoms with Gasteiger partial charge in [-0.2, -0.15) is 0 Å². The molecule has 0 saturated heterocycles. The van der Waals surface area contributed by atoms with Gasteiger partial charge in [0, 0.05) is 44.5 Å². The first-order valence-corrected chi connectivity index (χ1v) is 19.4. The van der Waals surface area contributed by atoms with Gasteiger partial charge < -0.3 is 0 Å². The van der Waals surface area contributed by atoms with Crippen molar-refractivity contribution in [3.05, 3.63) is 206 Å². The van der Waals surface area contributed by atoms with Crippen LogP contribution in [0.3, 0.4) is 0 Å². The quantitative estimate of drug-likeness (QED) is 0.171. The van der Waals surface area contributed by atoms with Crippen molar-refractivity contribution in [2.75, 3.05) is 0 Å². The second-order valence-electron chi connectivity index (χ2n) is 14.6. The third kappa shape index (κ3) is 5.71. The highest BCUT2D eigenvalue weighted by molar-refractivity contribution is 6.06. The summed E-state index contributed by atoms with van der Waals surface area (Å²) < 4.78 is 2.22. The Bertz CT molecular complexity index is 3130. The van der Waals surface area contributed by atoms with Gasteiger partial charge in [-0.25, -0.2) is 19.9 Å². The van der Waals surface area contributed by atoms with Gasteiger partial charge in [-0.05, 0) is 34.4 Å². The predicted molar refractivity (Wildman–Crippen MR) is 233 cm³/mol. The second-order valence-corrected chi connectivity index (χ2v) is 14.6. The fourth-order valence-corrected chi connectivity index (χ4v) is 8.42. The lowest BCUT2D eigenvalue weighted by Crippen LogP contribution is -2.09. The van der Waals surface area contributed by atoms with Crippen molar-refractivity contribution in [2.45, 2.75) is 6.42 Å². The van der Waals surface area contributed by atoms with Gasteiger partial charge in [-0.1, -0.05) is 188 Å². The summed E-state index contributed by atoms with van der Waals surface area (Å²) >= 11 is 0. The Morgan fingerprint density at radius 1 is 0.491 bits per heavy atom. The van der Waals surface area contributed by atoms with Crippen LogP contribution < -0.4 is 0 Å². The molecular formula is C52H35N5. The zero-order valence-electron chi connectivity index (χ0n) is 31.0. The van der Waals surface area contributed by atoms with Gasteiger partial charge in [0.05, 0.1) is 17.1 Å². The molecule has 0 bridgehead atoms. The van der Waals surface area contributed by atoms with E-state index >= 15 is 0 Å². The number of aromatic nitrogens is 5. The van der Waals surface area contributed by atoms with Crippen LogP contribution in [0.1, 0.15) is 12.2 Å².